The van der Waals surface area contributed by atoms with Crippen LogP contribution in [0.25, 0.3) is 0 Å². The average molecular weight is 251 g/mol. The van der Waals surface area contributed by atoms with Gasteiger partial charge in [-0.3, -0.25) is 4.79 Å². The highest BCUT2D eigenvalue weighted by Gasteiger charge is 2.23. The minimum Gasteiger partial charge on any atom is -0.480 e. The number of rotatable bonds is 6. The summed E-state index contributed by atoms with van der Waals surface area (Å²) in [6, 6.07) is 7.99. The van der Waals surface area contributed by atoms with Gasteiger partial charge in [-0.25, -0.2) is 4.79 Å². The van der Waals surface area contributed by atoms with Crippen LogP contribution in [0.5, 0.6) is 0 Å². The van der Waals surface area contributed by atoms with Crippen molar-refractivity contribution in [1.29, 1.82) is 0 Å². The second kappa shape index (κ2) is 6.76. The summed E-state index contributed by atoms with van der Waals surface area (Å²) in [6.07, 6.45) is -0.718. The van der Waals surface area contributed by atoms with Crippen LogP contribution in [0.2, 0.25) is 0 Å². The van der Waals surface area contributed by atoms with E-state index in [1.54, 1.807) is 31.2 Å². The normalized spacial score (nSPS) is 13.7. The van der Waals surface area contributed by atoms with E-state index in [4.69, 9.17) is 5.11 Å². The first-order valence-electron chi connectivity index (χ1n) is 5.79. The standard InChI is InChI=1S/C13H17NO4/c1-2-11(15)12(16)14-10(13(17)18)8-9-6-4-3-5-7-9/h3-7,10-11,15H,2,8H2,1H3,(H,14,16)(H,17,18)/t10-,11?/m0/s1. The molecule has 0 radical (unpaired) electrons. The second-order valence-electron chi connectivity index (χ2n) is 4.01. The number of aliphatic carboxylic acids is 1. The maximum atomic E-state index is 11.5. The molecule has 0 aliphatic carbocycles. The molecule has 5 heteroatoms. The van der Waals surface area contributed by atoms with Crippen molar-refractivity contribution >= 4 is 11.9 Å². The van der Waals surface area contributed by atoms with Crippen LogP contribution in [0.3, 0.4) is 0 Å². The van der Waals surface area contributed by atoms with Crippen LogP contribution in [-0.4, -0.2) is 34.2 Å². The Morgan fingerprint density at radius 1 is 1.28 bits per heavy atom. The first-order valence-corrected chi connectivity index (χ1v) is 5.79. The molecule has 1 aromatic rings. The molecule has 0 fully saturated rings. The van der Waals surface area contributed by atoms with Gasteiger partial charge in [0, 0.05) is 6.42 Å². The van der Waals surface area contributed by atoms with Crippen LogP contribution < -0.4 is 5.32 Å². The summed E-state index contributed by atoms with van der Waals surface area (Å²) < 4.78 is 0. The van der Waals surface area contributed by atoms with Gasteiger partial charge in [0.2, 0.25) is 5.91 Å². The molecule has 5 nitrogen and oxygen atoms in total. The van der Waals surface area contributed by atoms with E-state index in [0.717, 1.165) is 5.56 Å². The molecule has 1 rings (SSSR count). The second-order valence-corrected chi connectivity index (χ2v) is 4.01. The number of amides is 1. The Balaban J connectivity index is 2.67. The van der Waals surface area contributed by atoms with Gasteiger partial charge in [0.05, 0.1) is 0 Å². The van der Waals surface area contributed by atoms with Crippen LogP contribution in [0.1, 0.15) is 18.9 Å². The summed E-state index contributed by atoms with van der Waals surface area (Å²) in [5.74, 6) is -1.77. The van der Waals surface area contributed by atoms with Gasteiger partial charge in [0.25, 0.3) is 0 Å². The molecule has 0 spiro atoms. The SMILES string of the molecule is CCC(O)C(=O)N[C@@H](Cc1ccccc1)C(=O)O. The number of hydrogen-bond donors (Lipinski definition) is 3. The first kappa shape index (κ1) is 14.2. The Kier molecular flexibility index (Phi) is 5.32. The zero-order valence-corrected chi connectivity index (χ0v) is 10.2. The third-order valence-electron chi connectivity index (χ3n) is 2.59. The number of carbonyl (C=O) groups excluding carboxylic acids is 1. The number of aliphatic hydroxyl groups is 1. The summed E-state index contributed by atoms with van der Waals surface area (Å²) >= 11 is 0. The summed E-state index contributed by atoms with van der Waals surface area (Å²) in [5, 5.41) is 20.7. The van der Waals surface area contributed by atoms with E-state index in [1.165, 1.54) is 0 Å². The molecular formula is C13H17NO4. The summed E-state index contributed by atoms with van der Waals surface area (Å²) in [7, 11) is 0. The fraction of sp³-hybridized carbons (Fsp3) is 0.385. The number of benzene rings is 1. The van der Waals surface area contributed by atoms with E-state index in [-0.39, 0.29) is 12.8 Å². The van der Waals surface area contributed by atoms with Crippen LogP contribution in [0.4, 0.5) is 0 Å². The molecule has 0 aliphatic heterocycles. The lowest BCUT2D eigenvalue weighted by Gasteiger charge is -2.16. The maximum absolute atomic E-state index is 11.5. The number of carboxylic acids is 1. The molecule has 0 aromatic heterocycles. The Labute approximate surface area is 105 Å². The molecule has 0 saturated heterocycles. The highest BCUT2D eigenvalue weighted by Crippen LogP contribution is 2.04. The lowest BCUT2D eigenvalue weighted by atomic mass is 10.1. The molecule has 2 atom stereocenters. The fourth-order valence-corrected chi connectivity index (χ4v) is 1.50. The smallest absolute Gasteiger partial charge is 0.326 e. The highest BCUT2D eigenvalue weighted by molar-refractivity contribution is 5.86. The van der Waals surface area contributed by atoms with E-state index < -0.39 is 24.0 Å². The van der Waals surface area contributed by atoms with Gasteiger partial charge in [-0.15, -0.1) is 0 Å². The topological polar surface area (TPSA) is 86.6 Å². The Morgan fingerprint density at radius 3 is 2.39 bits per heavy atom. The van der Waals surface area contributed by atoms with E-state index in [1.807, 2.05) is 6.07 Å². The van der Waals surface area contributed by atoms with Gasteiger partial charge >= 0.3 is 5.97 Å². The zero-order valence-electron chi connectivity index (χ0n) is 10.2. The van der Waals surface area contributed by atoms with Crippen LogP contribution in [-0.2, 0) is 16.0 Å². The van der Waals surface area contributed by atoms with Gasteiger partial charge < -0.3 is 15.5 Å². The van der Waals surface area contributed by atoms with Crippen LogP contribution in [0.15, 0.2) is 30.3 Å². The Bertz CT molecular complexity index is 405. The summed E-state index contributed by atoms with van der Waals surface area (Å²) in [4.78, 5) is 22.5. The van der Waals surface area contributed by atoms with Crippen molar-refractivity contribution in [2.75, 3.05) is 0 Å². The molecule has 1 unspecified atom stereocenters. The zero-order chi connectivity index (χ0) is 13.5. The van der Waals surface area contributed by atoms with E-state index in [0.29, 0.717) is 0 Å². The first-order chi connectivity index (χ1) is 8.54. The lowest BCUT2D eigenvalue weighted by molar-refractivity contribution is -0.143. The lowest BCUT2D eigenvalue weighted by Crippen LogP contribution is -2.46. The number of hydrogen-bond acceptors (Lipinski definition) is 3. The van der Waals surface area contributed by atoms with Crippen molar-refractivity contribution in [2.24, 2.45) is 0 Å². The molecule has 3 N–H and O–H groups in total. The van der Waals surface area contributed by atoms with Crippen molar-refractivity contribution in [3.8, 4) is 0 Å². The van der Waals surface area contributed by atoms with Gasteiger partial charge in [0.1, 0.15) is 12.1 Å². The molecular weight excluding hydrogens is 234 g/mol. The third-order valence-corrected chi connectivity index (χ3v) is 2.59. The summed E-state index contributed by atoms with van der Waals surface area (Å²) in [5.41, 5.74) is 0.816. The molecule has 1 aromatic carbocycles. The number of nitrogens with one attached hydrogen (secondary N) is 1. The van der Waals surface area contributed by atoms with Crippen molar-refractivity contribution in [3.05, 3.63) is 35.9 Å². The van der Waals surface area contributed by atoms with Gasteiger partial charge in [0.15, 0.2) is 0 Å². The quantitative estimate of drug-likeness (QED) is 0.690. The summed E-state index contributed by atoms with van der Waals surface area (Å²) in [6.45, 7) is 1.65. The van der Waals surface area contributed by atoms with E-state index in [9.17, 15) is 14.7 Å². The number of aliphatic hydroxyl groups excluding tert-OH is 1. The third kappa shape index (κ3) is 4.18. The van der Waals surface area contributed by atoms with E-state index >= 15 is 0 Å². The minimum absolute atomic E-state index is 0.193. The predicted molar refractivity (Wildman–Crippen MR) is 66.0 cm³/mol. The molecule has 18 heavy (non-hydrogen) atoms. The Morgan fingerprint density at radius 2 is 1.89 bits per heavy atom. The largest absolute Gasteiger partial charge is 0.480 e. The van der Waals surface area contributed by atoms with Gasteiger partial charge in [-0.1, -0.05) is 37.3 Å². The molecule has 0 bridgehead atoms. The van der Waals surface area contributed by atoms with Crippen molar-refractivity contribution in [2.45, 2.75) is 31.9 Å². The number of carboxylic acid groups (broad SMARTS) is 1. The molecule has 0 saturated carbocycles. The average Bonchev–Trinajstić information content (AvgIpc) is 2.37. The molecule has 1 amide bonds. The van der Waals surface area contributed by atoms with Gasteiger partial charge in [-0.05, 0) is 12.0 Å². The minimum atomic E-state index is -1.16. The Hall–Kier alpha value is -1.88. The van der Waals surface area contributed by atoms with Gasteiger partial charge in [-0.2, -0.15) is 0 Å². The van der Waals surface area contributed by atoms with E-state index in [2.05, 4.69) is 5.32 Å². The number of carbonyl (C=O) groups is 2. The fourth-order valence-electron chi connectivity index (χ4n) is 1.50. The molecule has 0 heterocycles. The molecule has 98 valence electrons. The maximum Gasteiger partial charge on any atom is 0.326 e. The van der Waals surface area contributed by atoms with Crippen molar-refractivity contribution in [1.82, 2.24) is 5.32 Å². The van der Waals surface area contributed by atoms with Crippen molar-refractivity contribution in [3.63, 3.8) is 0 Å². The van der Waals surface area contributed by atoms with Crippen LogP contribution >= 0.6 is 0 Å². The van der Waals surface area contributed by atoms with Crippen LogP contribution in [0, 0.1) is 0 Å². The molecule has 0 aliphatic rings. The van der Waals surface area contributed by atoms with Crippen molar-refractivity contribution < 1.29 is 19.8 Å². The predicted octanol–water partition coefficient (Wildman–Crippen LogP) is 0.569. The monoisotopic (exact) mass is 251 g/mol. The highest BCUT2D eigenvalue weighted by atomic mass is 16.4.